The van der Waals surface area contributed by atoms with Crippen LogP contribution in [0.1, 0.15) is 19.8 Å². The fourth-order valence-electron chi connectivity index (χ4n) is 2.97. The first-order valence-electron chi connectivity index (χ1n) is 8.22. The first-order chi connectivity index (χ1) is 12.0. The van der Waals surface area contributed by atoms with Gasteiger partial charge in [0, 0.05) is 32.8 Å². The van der Waals surface area contributed by atoms with Crippen LogP contribution in [0.25, 0.3) is 5.69 Å². The molecule has 1 unspecified atom stereocenters. The summed E-state index contributed by atoms with van der Waals surface area (Å²) in [6, 6.07) is 3.66. The molecule has 2 aromatic heterocycles. The Morgan fingerprint density at radius 1 is 1.48 bits per heavy atom. The van der Waals surface area contributed by atoms with Crippen LogP contribution in [0.2, 0.25) is 5.15 Å². The normalized spacial score (nSPS) is 16.7. The highest BCUT2D eigenvalue weighted by Crippen LogP contribution is 2.28. The van der Waals surface area contributed by atoms with Crippen LogP contribution in [0.5, 0.6) is 0 Å². The molecular formula is C17H20ClN5O2. The predicted molar refractivity (Wildman–Crippen MR) is 94.8 cm³/mol. The van der Waals surface area contributed by atoms with Crippen molar-refractivity contribution in [3.05, 3.63) is 35.9 Å². The molecule has 0 N–H and O–H groups in total. The molecule has 7 nitrogen and oxygen atoms in total. The maximum absolute atomic E-state index is 12.6. The highest BCUT2D eigenvalue weighted by Gasteiger charge is 2.34. The number of amides is 2. The van der Waals surface area contributed by atoms with Crippen molar-refractivity contribution >= 4 is 29.1 Å². The molecule has 3 rings (SSSR count). The average molecular weight is 362 g/mol. The third-order valence-corrected chi connectivity index (χ3v) is 4.67. The van der Waals surface area contributed by atoms with E-state index in [0.717, 1.165) is 12.2 Å². The van der Waals surface area contributed by atoms with Crippen LogP contribution in [0.4, 0.5) is 5.69 Å². The Balaban J connectivity index is 1.71. The molecule has 2 amide bonds. The number of hydrogen-bond acceptors (Lipinski definition) is 4. The molecule has 25 heavy (non-hydrogen) atoms. The molecule has 1 saturated heterocycles. The van der Waals surface area contributed by atoms with Crippen molar-refractivity contribution in [1.82, 2.24) is 19.7 Å². The number of anilines is 1. The summed E-state index contributed by atoms with van der Waals surface area (Å²) in [5.41, 5.74) is 1.33. The summed E-state index contributed by atoms with van der Waals surface area (Å²) in [6.45, 7) is 3.09. The van der Waals surface area contributed by atoms with Crippen molar-refractivity contribution in [2.75, 3.05) is 25.0 Å². The van der Waals surface area contributed by atoms with Gasteiger partial charge in [-0.15, -0.1) is 0 Å². The lowest BCUT2D eigenvalue weighted by Crippen LogP contribution is -2.50. The number of hydrogen-bond donors (Lipinski definition) is 0. The number of β-lactam (4-membered cyclic amide) rings is 1. The molecule has 0 spiro atoms. The number of carbonyl (C=O) groups excluding carboxylic acids is 2. The standard InChI is InChI=1S/C17H20ClN5O2/c1-3-22(15(24)7-6-12-10-21(2)17(12)25)14-11-23(20-16(14)18)13-5-4-8-19-9-13/h4-5,8-9,11-12H,3,6-7,10H2,1-2H3. The lowest BCUT2D eigenvalue weighted by molar-refractivity contribution is -0.146. The molecule has 2 aromatic rings. The Morgan fingerprint density at radius 2 is 2.28 bits per heavy atom. The van der Waals surface area contributed by atoms with Crippen molar-refractivity contribution < 1.29 is 9.59 Å². The second-order valence-corrected chi connectivity index (χ2v) is 6.41. The third-order valence-electron chi connectivity index (χ3n) is 4.40. The van der Waals surface area contributed by atoms with Gasteiger partial charge >= 0.3 is 0 Å². The highest BCUT2D eigenvalue weighted by atomic mass is 35.5. The van der Waals surface area contributed by atoms with E-state index in [9.17, 15) is 9.59 Å². The smallest absolute Gasteiger partial charge is 0.227 e. The molecule has 1 aliphatic rings. The van der Waals surface area contributed by atoms with Gasteiger partial charge in [0.15, 0.2) is 5.15 Å². The fourth-order valence-corrected chi connectivity index (χ4v) is 3.20. The molecule has 1 atom stereocenters. The number of aromatic nitrogens is 3. The minimum Gasteiger partial charge on any atom is -0.345 e. The summed E-state index contributed by atoms with van der Waals surface area (Å²) in [4.78, 5) is 31.6. The van der Waals surface area contributed by atoms with Crippen molar-refractivity contribution in [2.24, 2.45) is 5.92 Å². The number of carbonyl (C=O) groups is 2. The first kappa shape index (κ1) is 17.4. The van der Waals surface area contributed by atoms with E-state index in [-0.39, 0.29) is 22.9 Å². The first-order valence-corrected chi connectivity index (χ1v) is 8.60. The van der Waals surface area contributed by atoms with Gasteiger partial charge in [-0.2, -0.15) is 5.10 Å². The van der Waals surface area contributed by atoms with Gasteiger partial charge in [-0.1, -0.05) is 11.6 Å². The predicted octanol–water partition coefficient (Wildman–Crippen LogP) is 2.14. The van der Waals surface area contributed by atoms with Crippen molar-refractivity contribution in [3.63, 3.8) is 0 Å². The van der Waals surface area contributed by atoms with Gasteiger partial charge in [-0.05, 0) is 25.5 Å². The lowest BCUT2D eigenvalue weighted by atomic mass is 9.94. The van der Waals surface area contributed by atoms with Gasteiger partial charge in [0.25, 0.3) is 0 Å². The lowest BCUT2D eigenvalue weighted by Gasteiger charge is -2.35. The molecule has 0 radical (unpaired) electrons. The molecule has 0 aromatic carbocycles. The SMILES string of the molecule is CCN(C(=O)CCC1CN(C)C1=O)c1cn(-c2cccnc2)nc1Cl. The van der Waals surface area contributed by atoms with Crippen LogP contribution in [0.15, 0.2) is 30.7 Å². The van der Waals surface area contributed by atoms with E-state index >= 15 is 0 Å². The number of halogens is 1. The third kappa shape index (κ3) is 3.51. The van der Waals surface area contributed by atoms with Gasteiger partial charge in [0.05, 0.1) is 24.0 Å². The summed E-state index contributed by atoms with van der Waals surface area (Å²) in [7, 11) is 1.77. The Morgan fingerprint density at radius 3 is 2.88 bits per heavy atom. The highest BCUT2D eigenvalue weighted by molar-refractivity contribution is 6.32. The van der Waals surface area contributed by atoms with Gasteiger partial charge in [0.2, 0.25) is 11.8 Å². The second-order valence-electron chi connectivity index (χ2n) is 6.05. The number of likely N-dealkylation sites (tertiary alicyclic amines) is 1. The summed E-state index contributed by atoms with van der Waals surface area (Å²) < 4.78 is 1.60. The molecule has 3 heterocycles. The van der Waals surface area contributed by atoms with E-state index in [1.54, 1.807) is 46.2 Å². The minimum absolute atomic E-state index is 0.0405. The zero-order valence-electron chi connectivity index (χ0n) is 14.2. The van der Waals surface area contributed by atoms with E-state index in [1.165, 1.54) is 0 Å². The zero-order valence-corrected chi connectivity index (χ0v) is 15.0. The summed E-state index contributed by atoms with van der Waals surface area (Å²) in [5.74, 6) is 0.0111. The van der Waals surface area contributed by atoms with E-state index in [4.69, 9.17) is 11.6 Å². The largest absolute Gasteiger partial charge is 0.345 e. The second kappa shape index (κ2) is 7.23. The quantitative estimate of drug-likeness (QED) is 0.739. The van der Waals surface area contributed by atoms with Crippen LogP contribution in [0.3, 0.4) is 0 Å². The molecule has 1 fully saturated rings. The van der Waals surface area contributed by atoms with Gasteiger partial charge in [0.1, 0.15) is 5.69 Å². The Bertz CT molecular complexity index is 777. The molecule has 1 aliphatic heterocycles. The summed E-state index contributed by atoms with van der Waals surface area (Å²) >= 11 is 6.25. The van der Waals surface area contributed by atoms with Crippen molar-refractivity contribution in [1.29, 1.82) is 0 Å². The fraction of sp³-hybridized carbons (Fsp3) is 0.412. The monoisotopic (exact) mass is 361 g/mol. The molecule has 132 valence electrons. The van der Waals surface area contributed by atoms with Crippen molar-refractivity contribution in [2.45, 2.75) is 19.8 Å². The summed E-state index contributed by atoms with van der Waals surface area (Å²) in [5, 5.41) is 4.53. The Labute approximate surface area is 151 Å². The molecule has 0 aliphatic carbocycles. The van der Waals surface area contributed by atoms with Gasteiger partial charge in [-0.25, -0.2) is 4.68 Å². The van der Waals surface area contributed by atoms with Crippen LogP contribution in [0, 0.1) is 5.92 Å². The maximum atomic E-state index is 12.6. The van der Waals surface area contributed by atoms with Crippen LogP contribution < -0.4 is 4.90 Å². The zero-order chi connectivity index (χ0) is 18.0. The van der Waals surface area contributed by atoms with Gasteiger partial charge < -0.3 is 9.80 Å². The van der Waals surface area contributed by atoms with E-state index in [1.807, 2.05) is 13.0 Å². The van der Waals surface area contributed by atoms with Crippen molar-refractivity contribution in [3.8, 4) is 5.69 Å². The number of pyridine rings is 1. The molecular weight excluding hydrogens is 342 g/mol. The van der Waals surface area contributed by atoms with E-state index in [0.29, 0.717) is 25.1 Å². The van der Waals surface area contributed by atoms with Crippen LogP contribution >= 0.6 is 11.6 Å². The topological polar surface area (TPSA) is 71.3 Å². The molecule has 0 saturated carbocycles. The summed E-state index contributed by atoms with van der Waals surface area (Å²) in [6.07, 6.45) is 5.95. The van der Waals surface area contributed by atoms with E-state index < -0.39 is 0 Å². The van der Waals surface area contributed by atoms with Crippen LogP contribution in [-0.4, -0.2) is 51.6 Å². The average Bonchev–Trinajstić information content (AvgIpc) is 3.01. The Hall–Kier alpha value is -2.41. The van der Waals surface area contributed by atoms with Crippen LogP contribution in [-0.2, 0) is 9.59 Å². The maximum Gasteiger partial charge on any atom is 0.227 e. The van der Waals surface area contributed by atoms with Gasteiger partial charge in [-0.3, -0.25) is 14.6 Å². The minimum atomic E-state index is -0.0579. The molecule has 0 bridgehead atoms. The number of nitrogens with zero attached hydrogens (tertiary/aromatic N) is 5. The Kier molecular flexibility index (Phi) is 5.03. The molecule has 8 heteroatoms. The van der Waals surface area contributed by atoms with E-state index in [2.05, 4.69) is 10.1 Å². The number of rotatable bonds is 6.